The molecule has 1 fully saturated rings. The summed E-state index contributed by atoms with van der Waals surface area (Å²) < 4.78 is 12.3. The van der Waals surface area contributed by atoms with Gasteiger partial charge in [-0.05, 0) is 53.0 Å². The first-order chi connectivity index (χ1) is 9.26. The molecule has 0 aromatic heterocycles. The zero-order chi connectivity index (χ0) is 13.7. The first kappa shape index (κ1) is 14.8. The molecule has 3 nitrogen and oxygen atoms in total. The number of hydrogen-bond acceptors (Lipinski definition) is 3. The molecule has 2 unspecified atom stereocenters. The van der Waals surface area contributed by atoms with Gasteiger partial charge in [0.05, 0.1) is 17.7 Å². The highest BCUT2D eigenvalue weighted by atomic mass is 79.9. The molecule has 1 N–H and O–H groups in total. The second kappa shape index (κ2) is 7.27. The van der Waals surface area contributed by atoms with Gasteiger partial charge in [0.1, 0.15) is 5.75 Å². The van der Waals surface area contributed by atoms with Crippen LogP contribution in [0.25, 0.3) is 0 Å². The molecule has 2 rings (SSSR count). The van der Waals surface area contributed by atoms with Crippen molar-refractivity contribution in [3.63, 3.8) is 0 Å². The van der Waals surface area contributed by atoms with Gasteiger partial charge < -0.3 is 14.8 Å². The zero-order valence-electron chi connectivity index (χ0n) is 11.6. The van der Waals surface area contributed by atoms with E-state index in [1.165, 1.54) is 12.0 Å². The van der Waals surface area contributed by atoms with E-state index in [1.54, 1.807) is 7.11 Å². The fourth-order valence-electron chi connectivity index (χ4n) is 2.61. The van der Waals surface area contributed by atoms with Gasteiger partial charge in [-0.15, -0.1) is 0 Å². The minimum Gasteiger partial charge on any atom is -0.496 e. The summed E-state index contributed by atoms with van der Waals surface area (Å²) in [7, 11) is 1.69. The first-order valence-corrected chi connectivity index (χ1v) is 7.71. The maximum atomic E-state index is 6.00. The van der Waals surface area contributed by atoms with E-state index in [9.17, 15) is 0 Å². The number of ether oxygens (including phenoxy) is 2. The third-order valence-corrected chi connectivity index (χ3v) is 4.23. The monoisotopic (exact) mass is 327 g/mol. The molecule has 0 radical (unpaired) electrons. The Labute approximate surface area is 123 Å². The lowest BCUT2D eigenvalue weighted by atomic mass is 9.89. The number of benzene rings is 1. The average Bonchev–Trinajstić information content (AvgIpc) is 2.45. The van der Waals surface area contributed by atoms with Crippen LogP contribution < -0.4 is 10.1 Å². The third-order valence-electron chi connectivity index (χ3n) is 3.61. The lowest BCUT2D eigenvalue weighted by molar-refractivity contribution is -0.0276. The molecule has 19 heavy (non-hydrogen) atoms. The Kier molecular flexibility index (Phi) is 5.67. The highest BCUT2D eigenvalue weighted by Crippen LogP contribution is 2.36. The first-order valence-electron chi connectivity index (χ1n) is 6.92. The van der Waals surface area contributed by atoms with Crippen LogP contribution in [0.1, 0.15) is 31.4 Å². The van der Waals surface area contributed by atoms with E-state index in [4.69, 9.17) is 9.47 Å². The lowest BCUT2D eigenvalue weighted by Crippen LogP contribution is -2.31. The zero-order valence-corrected chi connectivity index (χ0v) is 13.2. The molecule has 1 heterocycles. The van der Waals surface area contributed by atoms with E-state index < -0.39 is 0 Å². The summed E-state index contributed by atoms with van der Waals surface area (Å²) >= 11 is 3.55. The van der Waals surface area contributed by atoms with Crippen molar-refractivity contribution >= 4 is 15.9 Å². The van der Waals surface area contributed by atoms with Gasteiger partial charge >= 0.3 is 0 Å². The minimum absolute atomic E-state index is 0.190. The number of halogens is 1. The molecule has 1 aliphatic heterocycles. The van der Waals surface area contributed by atoms with Crippen LogP contribution in [0.4, 0.5) is 0 Å². The van der Waals surface area contributed by atoms with Crippen LogP contribution in [0.2, 0.25) is 0 Å². The molecule has 1 saturated heterocycles. The van der Waals surface area contributed by atoms with Crippen molar-refractivity contribution in [1.82, 2.24) is 5.32 Å². The average molecular weight is 328 g/mol. The Morgan fingerprint density at radius 2 is 2.32 bits per heavy atom. The molecule has 2 atom stereocenters. The summed E-state index contributed by atoms with van der Waals surface area (Å²) in [4.78, 5) is 0. The highest BCUT2D eigenvalue weighted by Gasteiger charge is 2.27. The Morgan fingerprint density at radius 3 is 3.00 bits per heavy atom. The SMILES string of the molecule is CCNCC1CCCOC1c1ccc(OC)c(Br)c1. The number of rotatable bonds is 5. The third kappa shape index (κ3) is 3.71. The van der Waals surface area contributed by atoms with Crippen LogP contribution in [0, 0.1) is 5.92 Å². The maximum absolute atomic E-state index is 6.00. The molecule has 0 saturated carbocycles. The van der Waals surface area contributed by atoms with Crippen LogP contribution >= 0.6 is 15.9 Å². The molecule has 0 aliphatic carbocycles. The predicted octanol–water partition coefficient (Wildman–Crippen LogP) is 3.53. The second-order valence-electron chi connectivity index (χ2n) is 4.90. The predicted molar refractivity (Wildman–Crippen MR) is 80.7 cm³/mol. The van der Waals surface area contributed by atoms with Crippen molar-refractivity contribution in [2.75, 3.05) is 26.8 Å². The van der Waals surface area contributed by atoms with Gasteiger partial charge in [0.25, 0.3) is 0 Å². The van der Waals surface area contributed by atoms with E-state index >= 15 is 0 Å². The summed E-state index contributed by atoms with van der Waals surface area (Å²) in [6.45, 7) is 5.03. The van der Waals surface area contributed by atoms with Crippen molar-refractivity contribution in [3.05, 3.63) is 28.2 Å². The van der Waals surface area contributed by atoms with Gasteiger partial charge in [-0.2, -0.15) is 0 Å². The molecule has 106 valence electrons. The molecule has 0 amide bonds. The number of nitrogens with one attached hydrogen (secondary N) is 1. The van der Waals surface area contributed by atoms with Crippen molar-refractivity contribution in [1.29, 1.82) is 0 Å². The molecule has 1 aromatic rings. The molecule has 0 spiro atoms. The topological polar surface area (TPSA) is 30.5 Å². The van der Waals surface area contributed by atoms with Crippen molar-refractivity contribution in [2.24, 2.45) is 5.92 Å². The van der Waals surface area contributed by atoms with E-state index in [0.717, 1.165) is 36.3 Å². The Hall–Kier alpha value is -0.580. The number of hydrogen-bond donors (Lipinski definition) is 1. The standard InChI is InChI=1S/C15H22BrNO2/c1-3-17-10-12-5-4-8-19-15(12)11-6-7-14(18-2)13(16)9-11/h6-7,9,12,15,17H,3-5,8,10H2,1-2H3. The Morgan fingerprint density at radius 1 is 1.47 bits per heavy atom. The summed E-state index contributed by atoms with van der Waals surface area (Å²) in [5, 5.41) is 3.44. The van der Waals surface area contributed by atoms with Crippen LogP contribution in [0.3, 0.4) is 0 Å². The van der Waals surface area contributed by atoms with Gasteiger partial charge in [0, 0.05) is 19.1 Å². The van der Waals surface area contributed by atoms with E-state index in [1.807, 2.05) is 6.07 Å². The quantitative estimate of drug-likeness (QED) is 0.897. The van der Waals surface area contributed by atoms with Gasteiger partial charge in [-0.3, -0.25) is 0 Å². The van der Waals surface area contributed by atoms with E-state index in [2.05, 4.69) is 40.3 Å². The minimum atomic E-state index is 0.190. The summed E-state index contributed by atoms with van der Waals surface area (Å²) in [5.41, 5.74) is 1.23. The van der Waals surface area contributed by atoms with Gasteiger partial charge in [0.15, 0.2) is 0 Å². The van der Waals surface area contributed by atoms with Crippen LogP contribution in [-0.4, -0.2) is 26.8 Å². The van der Waals surface area contributed by atoms with Gasteiger partial charge in [-0.1, -0.05) is 13.0 Å². The fraction of sp³-hybridized carbons (Fsp3) is 0.600. The Balaban J connectivity index is 2.14. The maximum Gasteiger partial charge on any atom is 0.133 e. The molecule has 1 aromatic carbocycles. The molecule has 1 aliphatic rings. The smallest absolute Gasteiger partial charge is 0.133 e. The van der Waals surface area contributed by atoms with Crippen molar-refractivity contribution in [2.45, 2.75) is 25.9 Å². The largest absolute Gasteiger partial charge is 0.496 e. The molecular formula is C15H22BrNO2. The second-order valence-corrected chi connectivity index (χ2v) is 5.75. The lowest BCUT2D eigenvalue weighted by Gasteiger charge is -2.32. The fourth-order valence-corrected chi connectivity index (χ4v) is 3.17. The van der Waals surface area contributed by atoms with Crippen molar-refractivity contribution < 1.29 is 9.47 Å². The van der Waals surface area contributed by atoms with Crippen LogP contribution in [-0.2, 0) is 4.74 Å². The highest BCUT2D eigenvalue weighted by molar-refractivity contribution is 9.10. The summed E-state index contributed by atoms with van der Waals surface area (Å²) in [6.07, 6.45) is 2.57. The van der Waals surface area contributed by atoms with Crippen molar-refractivity contribution in [3.8, 4) is 5.75 Å². The van der Waals surface area contributed by atoms with Crippen LogP contribution in [0.5, 0.6) is 5.75 Å². The summed E-state index contributed by atoms with van der Waals surface area (Å²) in [5.74, 6) is 1.41. The van der Waals surface area contributed by atoms with Gasteiger partial charge in [-0.25, -0.2) is 0 Å². The van der Waals surface area contributed by atoms with Crippen LogP contribution in [0.15, 0.2) is 22.7 Å². The van der Waals surface area contributed by atoms with Gasteiger partial charge in [0.2, 0.25) is 0 Å². The van der Waals surface area contributed by atoms with E-state index in [0.29, 0.717) is 5.92 Å². The summed E-state index contributed by atoms with van der Waals surface area (Å²) in [6, 6.07) is 6.23. The molecule has 0 bridgehead atoms. The van der Waals surface area contributed by atoms with E-state index in [-0.39, 0.29) is 6.10 Å². The normalized spacial score (nSPS) is 23.3. The molecule has 4 heteroatoms. The molecular weight excluding hydrogens is 306 g/mol. The Bertz CT molecular complexity index is 411. The number of methoxy groups -OCH3 is 1.